The molecule has 0 saturated carbocycles. The fourth-order valence-electron chi connectivity index (χ4n) is 4.70. The van der Waals surface area contributed by atoms with E-state index in [0.29, 0.717) is 12.5 Å². The Labute approximate surface area is 165 Å². The van der Waals surface area contributed by atoms with Crippen LogP contribution in [0.25, 0.3) is 0 Å². The number of fused-ring (bicyclic) bond motifs is 1. The van der Waals surface area contributed by atoms with Gasteiger partial charge in [-0.2, -0.15) is 10.2 Å². The number of likely N-dealkylation sites (tertiary alicyclic amines) is 2. The molecule has 0 radical (unpaired) electrons. The van der Waals surface area contributed by atoms with Gasteiger partial charge in [-0.3, -0.25) is 19.5 Å². The van der Waals surface area contributed by atoms with Gasteiger partial charge in [-0.05, 0) is 20.3 Å². The standard InChI is InChI=1S/C19H29N7O2/c1-4-26-9-15(7-20-26)8-24-10-16-11-25(17(27)12-28-3)6-5-19(16,13-24)18-21-14(2)22-23-18/h7,9,16H,4-6,8,10-13H2,1-3H3,(H,21,22,23)/t16-,19+/m0/s1. The van der Waals surface area contributed by atoms with Crippen molar-refractivity contribution in [3.8, 4) is 0 Å². The van der Waals surface area contributed by atoms with E-state index in [1.165, 1.54) is 5.56 Å². The molecule has 2 aliphatic rings. The summed E-state index contributed by atoms with van der Waals surface area (Å²) in [5.41, 5.74) is 1.10. The number of aromatic amines is 1. The Hall–Kier alpha value is -2.26. The van der Waals surface area contributed by atoms with Crippen LogP contribution in [0.5, 0.6) is 0 Å². The van der Waals surface area contributed by atoms with Gasteiger partial charge in [-0.1, -0.05) is 0 Å². The Morgan fingerprint density at radius 3 is 2.96 bits per heavy atom. The molecule has 152 valence electrons. The molecule has 4 rings (SSSR count). The lowest BCUT2D eigenvalue weighted by molar-refractivity contribution is -0.137. The quantitative estimate of drug-likeness (QED) is 0.779. The summed E-state index contributed by atoms with van der Waals surface area (Å²) in [5, 5.41) is 11.9. The van der Waals surface area contributed by atoms with Crippen LogP contribution in [-0.2, 0) is 28.0 Å². The molecule has 2 saturated heterocycles. The zero-order valence-corrected chi connectivity index (χ0v) is 16.9. The van der Waals surface area contributed by atoms with Crippen molar-refractivity contribution in [1.82, 2.24) is 34.8 Å². The number of hydrogen-bond donors (Lipinski definition) is 1. The number of methoxy groups -OCH3 is 1. The minimum absolute atomic E-state index is 0.0601. The van der Waals surface area contributed by atoms with Crippen LogP contribution < -0.4 is 0 Å². The first-order chi connectivity index (χ1) is 13.5. The lowest BCUT2D eigenvalue weighted by Crippen LogP contribution is -2.52. The average molecular weight is 387 g/mol. The third-order valence-electron chi connectivity index (χ3n) is 6.11. The predicted molar refractivity (Wildman–Crippen MR) is 103 cm³/mol. The molecule has 1 amide bonds. The van der Waals surface area contributed by atoms with Crippen molar-refractivity contribution in [1.29, 1.82) is 0 Å². The summed E-state index contributed by atoms with van der Waals surface area (Å²) in [5.74, 6) is 2.09. The summed E-state index contributed by atoms with van der Waals surface area (Å²) in [7, 11) is 1.57. The number of carbonyl (C=O) groups excluding carboxylic acids is 1. The molecule has 2 atom stereocenters. The highest BCUT2D eigenvalue weighted by Crippen LogP contribution is 2.44. The molecule has 2 fully saturated rings. The van der Waals surface area contributed by atoms with E-state index in [0.717, 1.165) is 50.8 Å². The largest absolute Gasteiger partial charge is 0.375 e. The number of nitrogens with one attached hydrogen (secondary N) is 1. The minimum atomic E-state index is -0.116. The average Bonchev–Trinajstić information content (AvgIpc) is 3.39. The van der Waals surface area contributed by atoms with Crippen LogP contribution in [0.3, 0.4) is 0 Å². The van der Waals surface area contributed by atoms with Gasteiger partial charge in [0.2, 0.25) is 5.91 Å². The van der Waals surface area contributed by atoms with Crippen LogP contribution in [0.15, 0.2) is 12.4 Å². The summed E-state index contributed by atoms with van der Waals surface area (Å²) in [6.45, 7) is 9.15. The molecule has 0 spiro atoms. The molecule has 28 heavy (non-hydrogen) atoms. The van der Waals surface area contributed by atoms with Crippen molar-refractivity contribution in [3.63, 3.8) is 0 Å². The molecule has 0 bridgehead atoms. The van der Waals surface area contributed by atoms with E-state index < -0.39 is 0 Å². The van der Waals surface area contributed by atoms with Gasteiger partial charge in [0, 0.05) is 64.1 Å². The molecule has 9 nitrogen and oxygen atoms in total. The number of hydrogen-bond acceptors (Lipinski definition) is 6. The van der Waals surface area contributed by atoms with Gasteiger partial charge < -0.3 is 9.64 Å². The molecule has 4 heterocycles. The topological polar surface area (TPSA) is 92.2 Å². The number of aryl methyl sites for hydroxylation is 2. The number of piperidine rings is 1. The SMILES string of the molecule is CCn1cc(CN2C[C@H]3CN(C(=O)COC)CC[C@@]3(c3n[nH]c(C)n3)C2)cn1. The fraction of sp³-hybridized carbons (Fsp3) is 0.684. The van der Waals surface area contributed by atoms with Crippen LogP contribution in [0.2, 0.25) is 0 Å². The Kier molecular flexibility index (Phi) is 5.20. The fourth-order valence-corrected chi connectivity index (χ4v) is 4.70. The van der Waals surface area contributed by atoms with Gasteiger partial charge in [0.15, 0.2) is 5.82 Å². The Morgan fingerprint density at radius 2 is 2.29 bits per heavy atom. The Bertz CT molecular complexity index is 832. The first-order valence-corrected chi connectivity index (χ1v) is 9.94. The maximum atomic E-state index is 12.4. The van der Waals surface area contributed by atoms with Crippen molar-refractivity contribution in [2.45, 2.75) is 38.8 Å². The van der Waals surface area contributed by atoms with Crippen molar-refractivity contribution in [2.75, 3.05) is 39.9 Å². The lowest BCUT2D eigenvalue weighted by atomic mass is 9.72. The summed E-state index contributed by atoms with van der Waals surface area (Å²) in [6, 6.07) is 0. The van der Waals surface area contributed by atoms with Crippen LogP contribution >= 0.6 is 0 Å². The lowest BCUT2D eigenvalue weighted by Gasteiger charge is -2.41. The van der Waals surface area contributed by atoms with Crippen LogP contribution in [0.1, 0.15) is 30.6 Å². The second kappa shape index (κ2) is 7.63. The summed E-state index contributed by atoms with van der Waals surface area (Å²) in [4.78, 5) is 21.5. The third kappa shape index (κ3) is 3.44. The van der Waals surface area contributed by atoms with Gasteiger partial charge in [-0.15, -0.1) is 0 Å². The van der Waals surface area contributed by atoms with E-state index in [4.69, 9.17) is 9.72 Å². The Balaban J connectivity index is 1.56. The molecule has 2 aromatic rings. The van der Waals surface area contributed by atoms with Gasteiger partial charge in [-0.25, -0.2) is 4.98 Å². The van der Waals surface area contributed by atoms with Crippen LogP contribution in [0, 0.1) is 12.8 Å². The number of aromatic nitrogens is 5. The van der Waals surface area contributed by atoms with Crippen LogP contribution in [-0.4, -0.2) is 80.6 Å². The molecular formula is C19H29N7O2. The molecule has 9 heteroatoms. The van der Waals surface area contributed by atoms with Crippen molar-refractivity contribution in [2.24, 2.45) is 5.92 Å². The maximum absolute atomic E-state index is 12.4. The van der Waals surface area contributed by atoms with Crippen molar-refractivity contribution in [3.05, 3.63) is 29.6 Å². The normalized spacial score (nSPS) is 25.2. The van der Waals surface area contributed by atoms with E-state index in [2.05, 4.69) is 33.3 Å². The molecule has 0 aliphatic carbocycles. The van der Waals surface area contributed by atoms with E-state index in [-0.39, 0.29) is 17.9 Å². The van der Waals surface area contributed by atoms with E-state index >= 15 is 0 Å². The van der Waals surface area contributed by atoms with Crippen molar-refractivity contribution < 1.29 is 9.53 Å². The first kappa shape index (κ1) is 19.1. The van der Waals surface area contributed by atoms with Crippen LogP contribution in [0.4, 0.5) is 0 Å². The van der Waals surface area contributed by atoms with Gasteiger partial charge in [0.1, 0.15) is 12.4 Å². The molecule has 0 aromatic carbocycles. The molecule has 0 unspecified atom stereocenters. The molecular weight excluding hydrogens is 358 g/mol. The predicted octanol–water partition coefficient (Wildman–Crippen LogP) is 0.578. The van der Waals surface area contributed by atoms with Gasteiger partial charge in [0.05, 0.1) is 11.6 Å². The first-order valence-electron chi connectivity index (χ1n) is 9.94. The number of H-pyrrole nitrogens is 1. The number of nitrogens with zero attached hydrogens (tertiary/aromatic N) is 6. The number of amides is 1. The summed E-state index contributed by atoms with van der Waals surface area (Å²) >= 11 is 0. The number of ether oxygens (including phenoxy) is 1. The maximum Gasteiger partial charge on any atom is 0.248 e. The zero-order chi connectivity index (χ0) is 19.7. The highest BCUT2D eigenvalue weighted by molar-refractivity contribution is 5.77. The number of rotatable bonds is 6. The highest BCUT2D eigenvalue weighted by Gasteiger charge is 2.53. The molecule has 2 aromatic heterocycles. The van der Waals surface area contributed by atoms with E-state index in [1.54, 1.807) is 7.11 Å². The van der Waals surface area contributed by atoms with Crippen molar-refractivity contribution >= 4 is 5.91 Å². The number of carbonyl (C=O) groups is 1. The monoisotopic (exact) mass is 387 g/mol. The van der Waals surface area contributed by atoms with Gasteiger partial charge >= 0.3 is 0 Å². The Morgan fingerprint density at radius 1 is 1.43 bits per heavy atom. The molecule has 1 N–H and O–H groups in total. The highest BCUT2D eigenvalue weighted by atomic mass is 16.5. The summed E-state index contributed by atoms with van der Waals surface area (Å²) < 4.78 is 7.01. The molecule has 2 aliphatic heterocycles. The third-order valence-corrected chi connectivity index (χ3v) is 6.11. The second-order valence-electron chi connectivity index (χ2n) is 7.99. The second-order valence-corrected chi connectivity index (χ2v) is 7.99. The van der Waals surface area contributed by atoms with Gasteiger partial charge in [0.25, 0.3) is 0 Å². The van der Waals surface area contributed by atoms with E-state index in [1.807, 2.05) is 22.7 Å². The zero-order valence-electron chi connectivity index (χ0n) is 16.9. The van der Waals surface area contributed by atoms with E-state index in [9.17, 15) is 4.79 Å². The summed E-state index contributed by atoms with van der Waals surface area (Å²) in [6.07, 6.45) is 4.93. The smallest absolute Gasteiger partial charge is 0.248 e. The minimum Gasteiger partial charge on any atom is -0.375 e.